The summed E-state index contributed by atoms with van der Waals surface area (Å²) in [5.74, 6) is -0.176. The third-order valence-corrected chi connectivity index (χ3v) is 3.34. The van der Waals surface area contributed by atoms with Gasteiger partial charge >= 0.3 is 0 Å². The van der Waals surface area contributed by atoms with Gasteiger partial charge in [0.2, 0.25) is 0 Å². The van der Waals surface area contributed by atoms with E-state index in [2.05, 4.69) is 5.32 Å². The summed E-state index contributed by atoms with van der Waals surface area (Å²) in [5, 5.41) is 4.12. The van der Waals surface area contributed by atoms with Gasteiger partial charge in [-0.2, -0.15) is 0 Å². The largest absolute Gasteiger partial charge is 0.307 e. The Hall–Kier alpha value is -1.38. The number of hydrogen-bond acceptors (Lipinski definition) is 1. The van der Waals surface area contributed by atoms with Gasteiger partial charge in [0.25, 0.3) is 0 Å². The summed E-state index contributed by atoms with van der Waals surface area (Å²) in [5.41, 5.74) is 2.78. The summed E-state index contributed by atoms with van der Waals surface area (Å²) in [6, 6.07) is 13.0. The maximum atomic E-state index is 13.4. The molecule has 0 heterocycles. The van der Waals surface area contributed by atoms with Gasteiger partial charge in [-0.15, -0.1) is 0 Å². The molecule has 3 heteroatoms. The molecule has 1 nitrogen and oxygen atoms in total. The molecule has 2 aromatic rings. The van der Waals surface area contributed by atoms with Crippen LogP contribution >= 0.6 is 11.6 Å². The van der Waals surface area contributed by atoms with Crippen LogP contribution in [-0.4, -0.2) is 6.54 Å². The summed E-state index contributed by atoms with van der Waals surface area (Å²) in [4.78, 5) is 0. The lowest BCUT2D eigenvalue weighted by molar-refractivity contribution is 0.606. The van der Waals surface area contributed by atoms with E-state index in [1.165, 1.54) is 6.07 Å². The van der Waals surface area contributed by atoms with Crippen molar-refractivity contribution in [3.63, 3.8) is 0 Å². The van der Waals surface area contributed by atoms with E-state index in [9.17, 15) is 4.39 Å². The van der Waals surface area contributed by atoms with Crippen molar-refractivity contribution >= 4 is 11.6 Å². The van der Waals surface area contributed by atoms with E-state index in [1.807, 2.05) is 43.3 Å². The zero-order valence-electron chi connectivity index (χ0n) is 11.1. The Kier molecular flexibility index (Phi) is 4.56. The number of benzene rings is 2. The normalized spacial score (nSPS) is 12.4. The first kappa shape index (κ1) is 14.0. The number of hydrogen-bond donors (Lipinski definition) is 1. The van der Waals surface area contributed by atoms with Gasteiger partial charge in [-0.3, -0.25) is 0 Å². The molecule has 0 bridgehead atoms. The monoisotopic (exact) mass is 277 g/mol. The molecule has 0 saturated heterocycles. The van der Waals surface area contributed by atoms with Crippen LogP contribution in [0.4, 0.5) is 4.39 Å². The summed E-state index contributed by atoms with van der Waals surface area (Å²) >= 11 is 6.05. The molecule has 0 fully saturated rings. The van der Waals surface area contributed by atoms with Crippen LogP contribution in [0.15, 0.2) is 42.5 Å². The molecule has 0 saturated carbocycles. The molecule has 1 unspecified atom stereocenters. The number of aryl methyl sites for hydroxylation is 1. The van der Waals surface area contributed by atoms with Gasteiger partial charge in [-0.25, -0.2) is 4.39 Å². The van der Waals surface area contributed by atoms with Gasteiger partial charge in [0, 0.05) is 5.02 Å². The second-order valence-electron chi connectivity index (χ2n) is 4.55. The quantitative estimate of drug-likeness (QED) is 0.868. The fourth-order valence-corrected chi connectivity index (χ4v) is 2.36. The van der Waals surface area contributed by atoms with Crippen molar-refractivity contribution in [2.45, 2.75) is 19.9 Å². The van der Waals surface area contributed by atoms with Crippen molar-refractivity contribution in [2.75, 3.05) is 6.54 Å². The Balaban J connectivity index is 2.42. The second-order valence-corrected chi connectivity index (χ2v) is 4.99. The van der Waals surface area contributed by atoms with E-state index in [0.29, 0.717) is 10.6 Å². The SMILES string of the molecule is CCNC(c1cccc(Cl)c1)c1ccc(F)c(C)c1. The van der Waals surface area contributed by atoms with Crippen LogP contribution in [0.2, 0.25) is 5.02 Å². The molecule has 0 aliphatic heterocycles. The molecule has 19 heavy (non-hydrogen) atoms. The van der Waals surface area contributed by atoms with Crippen molar-refractivity contribution < 1.29 is 4.39 Å². The predicted octanol–water partition coefficient (Wildman–Crippen LogP) is 4.49. The van der Waals surface area contributed by atoms with Crippen LogP contribution in [-0.2, 0) is 0 Å². The fourth-order valence-electron chi connectivity index (χ4n) is 2.17. The van der Waals surface area contributed by atoms with E-state index in [1.54, 1.807) is 6.92 Å². The summed E-state index contributed by atoms with van der Waals surface area (Å²) in [7, 11) is 0. The summed E-state index contributed by atoms with van der Waals surface area (Å²) < 4.78 is 13.4. The molecule has 0 aromatic heterocycles. The van der Waals surface area contributed by atoms with E-state index in [-0.39, 0.29) is 11.9 Å². The standard InChI is InChI=1S/C16H17ClFN/c1-3-19-16(12-5-4-6-14(17)10-12)13-7-8-15(18)11(2)9-13/h4-10,16,19H,3H2,1-2H3. The second kappa shape index (κ2) is 6.18. The van der Waals surface area contributed by atoms with Gasteiger partial charge in [0.1, 0.15) is 5.82 Å². The highest BCUT2D eigenvalue weighted by molar-refractivity contribution is 6.30. The molecule has 0 aliphatic carbocycles. The first-order chi connectivity index (χ1) is 9.11. The van der Waals surface area contributed by atoms with Crippen LogP contribution in [0.25, 0.3) is 0 Å². The molecule has 1 N–H and O–H groups in total. The molecule has 100 valence electrons. The number of halogens is 2. The first-order valence-electron chi connectivity index (χ1n) is 6.36. The molecular weight excluding hydrogens is 261 g/mol. The minimum atomic E-state index is -0.176. The van der Waals surface area contributed by atoms with E-state index in [4.69, 9.17) is 11.6 Å². The van der Waals surface area contributed by atoms with Crippen LogP contribution in [0.5, 0.6) is 0 Å². The fraction of sp³-hybridized carbons (Fsp3) is 0.250. The van der Waals surface area contributed by atoms with E-state index < -0.39 is 0 Å². The van der Waals surface area contributed by atoms with Gasteiger partial charge in [-0.05, 0) is 48.4 Å². The van der Waals surface area contributed by atoms with Crippen LogP contribution in [0.3, 0.4) is 0 Å². The smallest absolute Gasteiger partial charge is 0.126 e. The summed E-state index contributed by atoms with van der Waals surface area (Å²) in [6.07, 6.45) is 0. The predicted molar refractivity (Wildman–Crippen MR) is 78.1 cm³/mol. The van der Waals surface area contributed by atoms with Crippen LogP contribution in [0.1, 0.15) is 29.7 Å². The van der Waals surface area contributed by atoms with Gasteiger partial charge in [-0.1, -0.05) is 42.8 Å². The molecule has 0 amide bonds. The van der Waals surface area contributed by atoms with E-state index >= 15 is 0 Å². The molecular formula is C16H17ClFN. The Labute approximate surface area is 118 Å². The van der Waals surface area contributed by atoms with Crippen molar-refractivity contribution in [3.8, 4) is 0 Å². The molecule has 1 atom stereocenters. The van der Waals surface area contributed by atoms with Crippen LogP contribution < -0.4 is 5.32 Å². The van der Waals surface area contributed by atoms with Gasteiger partial charge < -0.3 is 5.32 Å². The Morgan fingerprint density at radius 3 is 2.53 bits per heavy atom. The average molecular weight is 278 g/mol. The van der Waals surface area contributed by atoms with Gasteiger partial charge in [0.15, 0.2) is 0 Å². The Morgan fingerprint density at radius 2 is 1.89 bits per heavy atom. The Morgan fingerprint density at radius 1 is 1.16 bits per heavy atom. The average Bonchev–Trinajstić information content (AvgIpc) is 2.39. The van der Waals surface area contributed by atoms with E-state index in [0.717, 1.165) is 17.7 Å². The lowest BCUT2D eigenvalue weighted by atomic mass is 9.97. The van der Waals surface area contributed by atoms with Crippen molar-refractivity contribution in [3.05, 3.63) is 70.0 Å². The van der Waals surface area contributed by atoms with Crippen molar-refractivity contribution in [2.24, 2.45) is 0 Å². The van der Waals surface area contributed by atoms with Crippen LogP contribution in [0, 0.1) is 12.7 Å². The molecule has 2 aromatic carbocycles. The lowest BCUT2D eigenvalue weighted by Crippen LogP contribution is -2.22. The third-order valence-electron chi connectivity index (χ3n) is 3.11. The third kappa shape index (κ3) is 3.34. The number of nitrogens with one attached hydrogen (secondary N) is 1. The topological polar surface area (TPSA) is 12.0 Å². The maximum Gasteiger partial charge on any atom is 0.126 e. The van der Waals surface area contributed by atoms with Crippen molar-refractivity contribution in [1.29, 1.82) is 0 Å². The summed E-state index contributed by atoms with van der Waals surface area (Å²) in [6.45, 7) is 4.65. The lowest BCUT2D eigenvalue weighted by Gasteiger charge is -2.20. The zero-order chi connectivity index (χ0) is 13.8. The Bertz CT molecular complexity index is 568. The first-order valence-corrected chi connectivity index (χ1v) is 6.74. The molecule has 0 spiro atoms. The van der Waals surface area contributed by atoms with Gasteiger partial charge in [0.05, 0.1) is 6.04 Å². The maximum absolute atomic E-state index is 13.4. The highest BCUT2D eigenvalue weighted by Gasteiger charge is 2.14. The zero-order valence-corrected chi connectivity index (χ0v) is 11.8. The number of rotatable bonds is 4. The molecule has 0 radical (unpaired) electrons. The van der Waals surface area contributed by atoms with Crippen molar-refractivity contribution in [1.82, 2.24) is 5.32 Å². The minimum Gasteiger partial charge on any atom is -0.307 e. The molecule has 2 rings (SSSR count). The minimum absolute atomic E-state index is 0.0306. The highest BCUT2D eigenvalue weighted by atomic mass is 35.5. The highest BCUT2D eigenvalue weighted by Crippen LogP contribution is 2.25. The molecule has 0 aliphatic rings.